The van der Waals surface area contributed by atoms with Gasteiger partial charge < -0.3 is 10.4 Å². The Morgan fingerprint density at radius 1 is 1.33 bits per heavy atom. The third kappa shape index (κ3) is 3.03. The van der Waals surface area contributed by atoms with E-state index < -0.39 is 0 Å². The molecule has 1 aliphatic carbocycles. The molecule has 0 radical (unpaired) electrons. The Labute approximate surface area is 95.3 Å². The van der Waals surface area contributed by atoms with Gasteiger partial charge in [-0.1, -0.05) is 0 Å². The van der Waals surface area contributed by atoms with Crippen molar-refractivity contribution in [3.8, 4) is 0 Å². The molecule has 15 heavy (non-hydrogen) atoms. The van der Waals surface area contributed by atoms with Crippen LogP contribution in [0.5, 0.6) is 0 Å². The lowest BCUT2D eigenvalue weighted by atomic mass is 9.99. The Hall–Kier alpha value is -0.380. The number of aryl methyl sites for hydroxylation is 2. The fourth-order valence-corrected chi connectivity index (χ4v) is 3.29. The third-order valence-electron chi connectivity index (χ3n) is 2.86. The summed E-state index contributed by atoms with van der Waals surface area (Å²) in [4.78, 5) is 3.07. The molecule has 0 saturated carbocycles. The quantitative estimate of drug-likeness (QED) is 0.752. The van der Waals surface area contributed by atoms with Crippen molar-refractivity contribution in [2.24, 2.45) is 0 Å². The highest BCUT2D eigenvalue weighted by molar-refractivity contribution is 7.12. The standard InChI is InChI=1S/C12H19NOS/c14-7-3-6-13-9-11-8-10-4-1-2-5-12(10)15-11/h8,13-14H,1-7,9H2. The molecule has 0 spiro atoms. The molecule has 1 aromatic heterocycles. The van der Waals surface area contributed by atoms with E-state index in [9.17, 15) is 0 Å². The van der Waals surface area contributed by atoms with Crippen LogP contribution in [-0.2, 0) is 19.4 Å². The molecule has 0 unspecified atom stereocenters. The van der Waals surface area contributed by atoms with Crippen LogP contribution >= 0.6 is 11.3 Å². The van der Waals surface area contributed by atoms with Crippen molar-refractivity contribution >= 4 is 11.3 Å². The summed E-state index contributed by atoms with van der Waals surface area (Å²) in [6, 6.07) is 2.37. The van der Waals surface area contributed by atoms with Crippen LogP contribution in [0.25, 0.3) is 0 Å². The van der Waals surface area contributed by atoms with E-state index in [1.54, 1.807) is 10.4 Å². The molecule has 2 nitrogen and oxygen atoms in total. The molecule has 0 saturated heterocycles. The van der Waals surface area contributed by atoms with Crippen molar-refractivity contribution < 1.29 is 5.11 Å². The minimum Gasteiger partial charge on any atom is -0.396 e. The van der Waals surface area contributed by atoms with Gasteiger partial charge in [0.15, 0.2) is 0 Å². The zero-order valence-electron chi connectivity index (χ0n) is 9.09. The van der Waals surface area contributed by atoms with Gasteiger partial charge in [-0.25, -0.2) is 0 Å². The second-order valence-corrected chi connectivity index (χ2v) is 5.34. The van der Waals surface area contributed by atoms with E-state index in [1.807, 2.05) is 11.3 Å². The van der Waals surface area contributed by atoms with Gasteiger partial charge in [0.25, 0.3) is 0 Å². The summed E-state index contributed by atoms with van der Waals surface area (Å²) in [5, 5.41) is 12.0. The van der Waals surface area contributed by atoms with E-state index in [4.69, 9.17) is 5.11 Å². The Kier molecular flexibility index (Phi) is 4.18. The first-order valence-corrected chi connectivity index (χ1v) is 6.64. The molecule has 0 atom stereocenters. The van der Waals surface area contributed by atoms with Crippen LogP contribution in [0.3, 0.4) is 0 Å². The molecule has 0 amide bonds. The van der Waals surface area contributed by atoms with E-state index in [0.717, 1.165) is 19.5 Å². The minimum absolute atomic E-state index is 0.286. The van der Waals surface area contributed by atoms with E-state index in [2.05, 4.69) is 11.4 Å². The molecule has 1 aromatic rings. The van der Waals surface area contributed by atoms with Crippen LogP contribution < -0.4 is 5.32 Å². The number of fused-ring (bicyclic) bond motifs is 1. The van der Waals surface area contributed by atoms with E-state index in [1.165, 1.54) is 30.6 Å². The molecule has 3 heteroatoms. The van der Waals surface area contributed by atoms with E-state index in [-0.39, 0.29) is 6.61 Å². The highest BCUT2D eigenvalue weighted by Crippen LogP contribution is 2.29. The lowest BCUT2D eigenvalue weighted by Gasteiger charge is -2.08. The smallest absolute Gasteiger partial charge is 0.0443 e. The first-order chi connectivity index (χ1) is 7.40. The zero-order chi connectivity index (χ0) is 10.5. The number of aliphatic hydroxyl groups excluding tert-OH is 1. The monoisotopic (exact) mass is 225 g/mol. The van der Waals surface area contributed by atoms with Crippen LogP contribution in [0, 0.1) is 0 Å². The molecule has 1 heterocycles. The molecule has 2 N–H and O–H groups in total. The van der Waals surface area contributed by atoms with Crippen molar-refractivity contribution in [3.05, 3.63) is 21.4 Å². The summed E-state index contributed by atoms with van der Waals surface area (Å²) in [6.07, 6.45) is 6.15. The second-order valence-electron chi connectivity index (χ2n) is 4.12. The van der Waals surface area contributed by atoms with Crippen molar-refractivity contribution in [2.75, 3.05) is 13.2 Å². The Bertz CT molecular complexity index is 285. The average Bonchev–Trinajstić information content (AvgIpc) is 2.67. The predicted molar refractivity (Wildman–Crippen MR) is 64.4 cm³/mol. The third-order valence-corrected chi connectivity index (χ3v) is 4.10. The number of rotatable bonds is 5. The molecule has 0 bridgehead atoms. The molecule has 0 aliphatic heterocycles. The Morgan fingerprint density at radius 3 is 3.00 bits per heavy atom. The zero-order valence-corrected chi connectivity index (χ0v) is 9.91. The summed E-state index contributed by atoms with van der Waals surface area (Å²) in [6.45, 7) is 2.17. The number of aliphatic hydroxyl groups is 1. The van der Waals surface area contributed by atoms with Crippen LogP contribution in [0.2, 0.25) is 0 Å². The Morgan fingerprint density at radius 2 is 2.20 bits per heavy atom. The largest absolute Gasteiger partial charge is 0.396 e. The van der Waals surface area contributed by atoms with Gasteiger partial charge in [-0.2, -0.15) is 0 Å². The molecule has 2 rings (SSSR count). The second kappa shape index (κ2) is 5.64. The molecular weight excluding hydrogens is 206 g/mol. The van der Waals surface area contributed by atoms with Gasteiger partial charge in [0.05, 0.1) is 0 Å². The summed E-state index contributed by atoms with van der Waals surface area (Å²) < 4.78 is 0. The van der Waals surface area contributed by atoms with Gasteiger partial charge in [-0.05, 0) is 50.3 Å². The highest BCUT2D eigenvalue weighted by Gasteiger charge is 2.12. The maximum atomic E-state index is 8.66. The summed E-state index contributed by atoms with van der Waals surface area (Å²) in [7, 11) is 0. The normalized spacial score (nSPS) is 15.3. The van der Waals surface area contributed by atoms with Crippen molar-refractivity contribution in [2.45, 2.75) is 38.6 Å². The molecular formula is C12H19NOS. The van der Waals surface area contributed by atoms with Gasteiger partial charge in [-0.15, -0.1) is 11.3 Å². The predicted octanol–water partition coefficient (Wildman–Crippen LogP) is 2.10. The van der Waals surface area contributed by atoms with Crippen LogP contribution in [-0.4, -0.2) is 18.3 Å². The molecule has 0 fully saturated rings. The topological polar surface area (TPSA) is 32.3 Å². The molecule has 0 aromatic carbocycles. The number of hydrogen-bond donors (Lipinski definition) is 2. The van der Waals surface area contributed by atoms with Crippen molar-refractivity contribution in [3.63, 3.8) is 0 Å². The highest BCUT2D eigenvalue weighted by atomic mass is 32.1. The maximum absolute atomic E-state index is 8.66. The van der Waals surface area contributed by atoms with Crippen LogP contribution in [0.4, 0.5) is 0 Å². The SMILES string of the molecule is OCCCNCc1cc2c(s1)CCCC2. The van der Waals surface area contributed by atoms with Gasteiger partial charge in [0, 0.05) is 22.9 Å². The number of hydrogen-bond acceptors (Lipinski definition) is 3. The van der Waals surface area contributed by atoms with Crippen molar-refractivity contribution in [1.29, 1.82) is 0 Å². The van der Waals surface area contributed by atoms with Gasteiger partial charge in [0.2, 0.25) is 0 Å². The van der Waals surface area contributed by atoms with Gasteiger partial charge >= 0.3 is 0 Å². The van der Waals surface area contributed by atoms with Gasteiger partial charge in [-0.3, -0.25) is 0 Å². The maximum Gasteiger partial charge on any atom is 0.0443 e. The minimum atomic E-state index is 0.286. The fourth-order valence-electron chi connectivity index (χ4n) is 2.06. The van der Waals surface area contributed by atoms with Crippen LogP contribution in [0.15, 0.2) is 6.07 Å². The molecule has 1 aliphatic rings. The number of nitrogens with one attached hydrogen (secondary N) is 1. The van der Waals surface area contributed by atoms with E-state index >= 15 is 0 Å². The summed E-state index contributed by atoms with van der Waals surface area (Å²) in [5.41, 5.74) is 1.59. The average molecular weight is 225 g/mol. The van der Waals surface area contributed by atoms with Gasteiger partial charge in [0.1, 0.15) is 0 Å². The first-order valence-electron chi connectivity index (χ1n) is 5.82. The van der Waals surface area contributed by atoms with Crippen molar-refractivity contribution in [1.82, 2.24) is 5.32 Å². The number of thiophene rings is 1. The van der Waals surface area contributed by atoms with E-state index in [0.29, 0.717) is 0 Å². The summed E-state index contributed by atoms with van der Waals surface area (Å²) in [5.74, 6) is 0. The fraction of sp³-hybridized carbons (Fsp3) is 0.667. The lowest BCUT2D eigenvalue weighted by molar-refractivity contribution is 0.286. The first kappa shape index (κ1) is 11.1. The molecule has 84 valence electrons. The lowest BCUT2D eigenvalue weighted by Crippen LogP contribution is -2.14. The Balaban J connectivity index is 1.84. The summed E-state index contributed by atoms with van der Waals surface area (Å²) >= 11 is 1.97. The van der Waals surface area contributed by atoms with Crippen LogP contribution in [0.1, 0.15) is 34.6 Å².